The molecule has 3 fully saturated rings. The molecule has 2 bridgehead atoms. The third kappa shape index (κ3) is 3.12. The van der Waals surface area contributed by atoms with Gasteiger partial charge in [-0.05, 0) is 50.5 Å². The highest BCUT2D eigenvalue weighted by atomic mass is 16.5. The number of aryl methyl sites for hydroxylation is 2. The molecular weight excluding hydrogens is 342 g/mol. The molecule has 0 radical (unpaired) electrons. The molecule has 0 saturated carbocycles. The van der Waals surface area contributed by atoms with Crippen LogP contribution in [0.5, 0.6) is 0 Å². The minimum atomic E-state index is -0.0930. The third-order valence-corrected chi connectivity index (χ3v) is 6.17. The molecule has 3 aliphatic heterocycles. The highest BCUT2D eigenvalue weighted by Crippen LogP contribution is 2.30. The molecule has 4 heterocycles. The number of carbonyl (C=O) groups is 2. The summed E-state index contributed by atoms with van der Waals surface area (Å²) in [5.74, 6) is 0.101. The highest BCUT2D eigenvalue weighted by molar-refractivity contribution is 5.99. The van der Waals surface area contributed by atoms with Crippen molar-refractivity contribution in [2.75, 3.05) is 33.4 Å². The Morgan fingerprint density at radius 2 is 2.07 bits per heavy atom. The van der Waals surface area contributed by atoms with Crippen LogP contribution >= 0.6 is 0 Å². The minimum absolute atomic E-state index is 0.0217. The average molecular weight is 369 g/mol. The lowest BCUT2D eigenvalue weighted by atomic mass is 9.94. The van der Waals surface area contributed by atoms with Gasteiger partial charge in [0.05, 0.1) is 12.5 Å². The molecule has 144 valence electrons. The maximum atomic E-state index is 13.2. The summed E-state index contributed by atoms with van der Waals surface area (Å²) in [5, 5.41) is 1.09. The van der Waals surface area contributed by atoms with Crippen molar-refractivity contribution < 1.29 is 14.3 Å². The second kappa shape index (κ2) is 7.00. The maximum absolute atomic E-state index is 13.2. The zero-order valence-electron chi connectivity index (χ0n) is 16.2. The standard InChI is InChI=1S/C21H27N3O3/c1-13-14(2)22-19-7-5-15(10-18(13)19)20(25)23-11-16-4-6-17(12-23)24(21(16)26)8-9-27-3/h5,7,10,16-17,22H,4,6,8-9,11-12H2,1-3H3/t16-,17+/m1/s1. The second-order valence-corrected chi connectivity index (χ2v) is 7.80. The van der Waals surface area contributed by atoms with Gasteiger partial charge in [0.2, 0.25) is 5.91 Å². The van der Waals surface area contributed by atoms with E-state index in [0.717, 1.165) is 29.4 Å². The van der Waals surface area contributed by atoms with Gasteiger partial charge in [-0.25, -0.2) is 0 Å². The molecule has 0 unspecified atom stereocenters. The lowest BCUT2D eigenvalue weighted by Gasteiger charge is -2.35. The number of amides is 2. The van der Waals surface area contributed by atoms with Crippen LogP contribution in [0.3, 0.4) is 0 Å². The molecule has 1 aromatic carbocycles. The largest absolute Gasteiger partial charge is 0.383 e. The van der Waals surface area contributed by atoms with Crippen LogP contribution in [0, 0.1) is 19.8 Å². The van der Waals surface area contributed by atoms with Crippen molar-refractivity contribution in [3.05, 3.63) is 35.0 Å². The van der Waals surface area contributed by atoms with Gasteiger partial charge in [-0.2, -0.15) is 0 Å². The first-order chi connectivity index (χ1) is 13.0. The number of aromatic amines is 1. The van der Waals surface area contributed by atoms with Crippen LogP contribution in [0.2, 0.25) is 0 Å². The molecule has 5 rings (SSSR count). The quantitative estimate of drug-likeness (QED) is 0.900. The molecule has 1 N–H and O–H groups in total. The molecule has 6 heteroatoms. The predicted molar refractivity (Wildman–Crippen MR) is 104 cm³/mol. The van der Waals surface area contributed by atoms with Gasteiger partial charge in [0.15, 0.2) is 0 Å². The summed E-state index contributed by atoms with van der Waals surface area (Å²) in [6.45, 7) is 6.37. The van der Waals surface area contributed by atoms with Crippen LogP contribution in [0.15, 0.2) is 18.2 Å². The van der Waals surface area contributed by atoms with Gasteiger partial charge in [0.1, 0.15) is 0 Å². The van der Waals surface area contributed by atoms with Crippen molar-refractivity contribution >= 4 is 22.7 Å². The van der Waals surface area contributed by atoms with Crippen molar-refractivity contribution in [1.82, 2.24) is 14.8 Å². The van der Waals surface area contributed by atoms with Gasteiger partial charge in [-0.3, -0.25) is 9.59 Å². The second-order valence-electron chi connectivity index (χ2n) is 7.80. The molecule has 2 amide bonds. The summed E-state index contributed by atoms with van der Waals surface area (Å²) < 4.78 is 5.16. The Kier molecular flexibility index (Phi) is 4.68. The number of fused-ring (bicyclic) bond motifs is 5. The van der Waals surface area contributed by atoms with Gasteiger partial charge in [0, 0.05) is 54.9 Å². The minimum Gasteiger partial charge on any atom is -0.383 e. The molecule has 3 saturated heterocycles. The molecule has 0 aliphatic carbocycles. The van der Waals surface area contributed by atoms with Crippen LogP contribution in [0.1, 0.15) is 34.5 Å². The number of H-pyrrole nitrogens is 1. The summed E-state index contributed by atoms with van der Waals surface area (Å²) in [6, 6.07) is 5.94. The fourth-order valence-electron chi connectivity index (χ4n) is 4.47. The maximum Gasteiger partial charge on any atom is 0.253 e. The summed E-state index contributed by atoms with van der Waals surface area (Å²) >= 11 is 0. The first kappa shape index (κ1) is 18.0. The van der Waals surface area contributed by atoms with Crippen LogP contribution in [0.4, 0.5) is 0 Å². The predicted octanol–water partition coefficient (Wildman–Crippen LogP) is 2.49. The van der Waals surface area contributed by atoms with E-state index in [4.69, 9.17) is 4.74 Å². The summed E-state index contributed by atoms with van der Waals surface area (Å²) in [6.07, 6.45) is 1.82. The molecule has 2 atom stereocenters. The number of aromatic nitrogens is 1. The van der Waals surface area contributed by atoms with Crippen LogP contribution < -0.4 is 0 Å². The number of methoxy groups -OCH3 is 1. The van der Waals surface area contributed by atoms with E-state index >= 15 is 0 Å². The van der Waals surface area contributed by atoms with Crippen molar-refractivity contribution in [3.63, 3.8) is 0 Å². The fourth-order valence-corrected chi connectivity index (χ4v) is 4.47. The molecule has 27 heavy (non-hydrogen) atoms. The number of nitrogens with one attached hydrogen (secondary N) is 1. The Labute approximate surface area is 159 Å². The lowest BCUT2D eigenvalue weighted by molar-refractivity contribution is -0.140. The molecule has 1 aromatic heterocycles. The van der Waals surface area contributed by atoms with Crippen LogP contribution in [-0.2, 0) is 9.53 Å². The molecular formula is C21H27N3O3. The number of rotatable bonds is 4. The number of piperidine rings is 1. The van der Waals surface area contributed by atoms with Gasteiger partial charge in [-0.1, -0.05) is 0 Å². The van der Waals surface area contributed by atoms with Gasteiger partial charge < -0.3 is 19.5 Å². The number of benzene rings is 1. The Hall–Kier alpha value is -2.34. The van der Waals surface area contributed by atoms with Crippen LogP contribution in [0.25, 0.3) is 10.9 Å². The van der Waals surface area contributed by atoms with Gasteiger partial charge in [0.25, 0.3) is 5.91 Å². The highest BCUT2D eigenvalue weighted by Gasteiger charge is 2.41. The number of hydrogen-bond acceptors (Lipinski definition) is 3. The number of nitrogens with zero attached hydrogens (tertiary/aromatic N) is 2. The number of carbonyl (C=O) groups excluding carboxylic acids is 2. The first-order valence-electron chi connectivity index (χ1n) is 9.67. The fraction of sp³-hybridized carbons (Fsp3) is 0.524. The summed E-state index contributed by atoms with van der Waals surface area (Å²) in [5.41, 5.74) is 4.05. The van der Waals surface area contributed by atoms with Crippen molar-refractivity contribution in [2.45, 2.75) is 32.7 Å². The summed E-state index contributed by atoms with van der Waals surface area (Å²) in [7, 11) is 1.65. The number of hydrogen-bond donors (Lipinski definition) is 1. The zero-order chi connectivity index (χ0) is 19.1. The van der Waals surface area contributed by atoms with Crippen LogP contribution in [-0.4, -0.2) is 66.0 Å². The lowest BCUT2D eigenvalue weighted by Crippen LogP contribution is -2.49. The Morgan fingerprint density at radius 3 is 2.85 bits per heavy atom. The zero-order valence-corrected chi connectivity index (χ0v) is 16.2. The topological polar surface area (TPSA) is 65.6 Å². The van der Waals surface area contributed by atoms with Gasteiger partial charge >= 0.3 is 0 Å². The normalized spacial score (nSPS) is 22.6. The Balaban J connectivity index is 1.59. The van der Waals surface area contributed by atoms with Crippen molar-refractivity contribution in [3.8, 4) is 0 Å². The third-order valence-electron chi connectivity index (χ3n) is 6.17. The van der Waals surface area contributed by atoms with E-state index in [1.165, 1.54) is 5.56 Å². The van der Waals surface area contributed by atoms with Gasteiger partial charge in [-0.15, -0.1) is 0 Å². The molecule has 3 aliphatic rings. The van der Waals surface area contributed by atoms with E-state index < -0.39 is 0 Å². The average Bonchev–Trinajstić information content (AvgIpc) is 2.83. The Morgan fingerprint density at radius 1 is 1.26 bits per heavy atom. The van der Waals surface area contributed by atoms with E-state index in [2.05, 4.69) is 11.9 Å². The monoisotopic (exact) mass is 369 g/mol. The Bertz CT molecular complexity index is 888. The number of ether oxygens (including phenoxy) is 1. The smallest absolute Gasteiger partial charge is 0.253 e. The summed E-state index contributed by atoms with van der Waals surface area (Å²) in [4.78, 5) is 33.1. The van der Waals surface area contributed by atoms with Crippen molar-refractivity contribution in [2.24, 2.45) is 5.92 Å². The SMILES string of the molecule is COCCN1C(=O)[C@@H]2CC[C@H]1CN(C(=O)c1ccc3[nH]c(C)c(C)c3c1)C2. The molecule has 6 nitrogen and oxygen atoms in total. The molecule has 2 aromatic rings. The van der Waals surface area contributed by atoms with E-state index in [1.807, 2.05) is 34.9 Å². The molecule has 0 spiro atoms. The van der Waals surface area contributed by atoms with Crippen molar-refractivity contribution in [1.29, 1.82) is 0 Å². The van der Waals surface area contributed by atoms with E-state index in [0.29, 0.717) is 31.8 Å². The first-order valence-corrected chi connectivity index (χ1v) is 9.67. The van der Waals surface area contributed by atoms with E-state index in [1.54, 1.807) is 7.11 Å². The van der Waals surface area contributed by atoms with E-state index in [-0.39, 0.29) is 23.8 Å². The van der Waals surface area contributed by atoms with E-state index in [9.17, 15) is 9.59 Å².